The van der Waals surface area contributed by atoms with Crippen LogP contribution in [0.25, 0.3) is 44.2 Å². The summed E-state index contributed by atoms with van der Waals surface area (Å²) in [5.74, 6) is -0.130. The summed E-state index contributed by atoms with van der Waals surface area (Å²) in [4.78, 5) is 16.0. The Morgan fingerprint density at radius 1 is 0.784 bits per heavy atom. The van der Waals surface area contributed by atoms with Crippen LogP contribution in [0.3, 0.4) is 0 Å². The zero-order chi connectivity index (χ0) is 25.0. The molecule has 37 heavy (non-hydrogen) atoms. The molecule has 1 amide bonds. The number of aromatic nitrogens is 2. The predicted octanol–water partition coefficient (Wildman–Crippen LogP) is 7.00. The molecule has 180 valence electrons. The second kappa shape index (κ2) is 9.99. The van der Waals surface area contributed by atoms with Crippen molar-refractivity contribution in [3.05, 3.63) is 121 Å². The highest BCUT2D eigenvalue weighted by Gasteiger charge is 2.20. The zero-order valence-electron chi connectivity index (χ0n) is 20.3. The lowest BCUT2D eigenvalue weighted by atomic mass is 9.98. The first-order valence-electron chi connectivity index (χ1n) is 12.4. The van der Waals surface area contributed by atoms with Crippen LogP contribution in [0.2, 0.25) is 0 Å². The smallest absolute Gasteiger partial charge is 0.241 e. The molecule has 6 aromatic rings. The molecule has 0 aliphatic carbocycles. The molecule has 0 saturated carbocycles. The molecule has 0 aliphatic heterocycles. The molecular formula is C32H26N4O. The molecule has 0 aliphatic rings. The number of nitrogens with one attached hydrogen (secondary N) is 2. The Kier molecular flexibility index (Phi) is 6.09. The van der Waals surface area contributed by atoms with Crippen molar-refractivity contribution in [2.45, 2.75) is 13.0 Å². The molecule has 2 heterocycles. The van der Waals surface area contributed by atoms with Gasteiger partial charge in [0.15, 0.2) is 0 Å². The average molecular weight is 483 g/mol. The maximum atomic E-state index is 12.8. The standard InChI is InChI=1S/C32H26N4O/c37-30(35-34-22-25-21-33-28-17-9-7-15-26(25)28)19-20-36-29-18-10-8-16-27(29)31(23-11-3-1-4-12-23)32(36)24-13-5-2-6-14-24/h1-18,21-22,33H,19-20H2,(H,35,37). The van der Waals surface area contributed by atoms with E-state index in [9.17, 15) is 4.79 Å². The normalized spacial score (nSPS) is 11.5. The molecule has 0 saturated heterocycles. The number of hydrogen-bond acceptors (Lipinski definition) is 2. The third-order valence-corrected chi connectivity index (χ3v) is 6.66. The number of rotatable bonds is 7. The molecule has 0 fully saturated rings. The monoisotopic (exact) mass is 482 g/mol. The van der Waals surface area contributed by atoms with E-state index in [-0.39, 0.29) is 5.91 Å². The summed E-state index contributed by atoms with van der Waals surface area (Å²) < 4.78 is 2.26. The van der Waals surface area contributed by atoms with Crippen LogP contribution in [0.15, 0.2) is 120 Å². The fraction of sp³-hybridized carbons (Fsp3) is 0.0625. The molecule has 2 N–H and O–H groups in total. The van der Waals surface area contributed by atoms with E-state index in [1.165, 1.54) is 10.9 Å². The molecule has 0 bridgehead atoms. The van der Waals surface area contributed by atoms with Crippen LogP contribution in [-0.2, 0) is 11.3 Å². The van der Waals surface area contributed by atoms with Crippen molar-refractivity contribution < 1.29 is 4.79 Å². The van der Waals surface area contributed by atoms with E-state index < -0.39 is 0 Å². The summed E-state index contributed by atoms with van der Waals surface area (Å²) in [6.07, 6.45) is 3.88. The number of H-pyrrole nitrogens is 1. The fourth-order valence-corrected chi connectivity index (χ4v) is 4.97. The number of hydrogen-bond donors (Lipinski definition) is 2. The first-order valence-corrected chi connectivity index (χ1v) is 12.4. The van der Waals surface area contributed by atoms with Gasteiger partial charge in [0.05, 0.1) is 11.9 Å². The largest absolute Gasteiger partial charge is 0.361 e. The maximum absolute atomic E-state index is 12.8. The molecular weight excluding hydrogens is 456 g/mol. The van der Waals surface area contributed by atoms with Crippen molar-refractivity contribution in [2.75, 3.05) is 0 Å². The summed E-state index contributed by atoms with van der Waals surface area (Å²) in [6.45, 7) is 0.534. The average Bonchev–Trinajstić information content (AvgIpc) is 3.52. The van der Waals surface area contributed by atoms with Gasteiger partial charge in [-0.2, -0.15) is 5.10 Å². The van der Waals surface area contributed by atoms with Gasteiger partial charge in [-0.1, -0.05) is 97.1 Å². The minimum atomic E-state index is -0.130. The van der Waals surface area contributed by atoms with Gasteiger partial charge in [-0.15, -0.1) is 0 Å². The second-order valence-corrected chi connectivity index (χ2v) is 8.96. The summed E-state index contributed by atoms with van der Waals surface area (Å²) in [5.41, 5.74) is 10.4. The first-order chi connectivity index (χ1) is 18.3. The lowest BCUT2D eigenvalue weighted by Gasteiger charge is -2.13. The van der Waals surface area contributed by atoms with E-state index in [0.717, 1.165) is 38.8 Å². The van der Waals surface area contributed by atoms with Gasteiger partial charge in [-0.05, 0) is 23.3 Å². The molecule has 0 unspecified atom stereocenters. The van der Waals surface area contributed by atoms with Gasteiger partial charge in [0, 0.05) is 52.1 Å². The number of nitrogens with zero attached hydrogens (tertiary/aromatic N) is 2. The van der Waals surface area contributed by atoms with Gasteiger partial charge in [0.25, 0.3) is 0 Å². The molecule has 0 radical (unpaired) electrons. The van der Waals surface area contributed by atoms with E-state index in [1.807, 2.05) is 48.7 Å². The summed E-state index contributed by atoms with van der Waals surface area (Å²) in [6, 6.07) is 37.3. The number of carbonyl (C=O) groups excluding carboxylic acids is 1. The summed E-state index contributed by atoms with van der Waals surface area (Å²) in [5, 5.41) is 6.46. The SMILES string of the molecule is O=C(CCn1c(-c2ccccc2)c(-c2ccccc2)c2ccccc21)NN=Cc1c[nH]c2ccccc12. The number of hydrazone groups is 1. The molecule has 6 rings (SSSR count). The maximum Gasteiger partial charge on any atom is 0.241 e. The van der Waals surface area contributed by atoms with Gasteiger partial charge < -0.3 is 9.55 Å². The third-order valence-electron chi connectivity index (χ3n) is 6.66. The number of carbonyl (C=O) groups is 1. The number of para-hydroxylation sites is 2. The molecule has 2 aromatic heterocycles. The van der Waals surface area contributed by atoms with Gasteiger partial charge in [0.2, 0.25) is 5.91 Å². The van der Waals surface area contributed by atoms with Crippen LogP contribution in [0.1, 0.15) is 12.0 Å². The lowest BCUT2D eigenvalue weighted by molar-refractivity contribution is -0.121. The Labute approximate surface area is 215 Å². The highest BCUT2D eigenvalue weighted by atomic mass is 16.2. The van der Waals surface area contributed by atoms with Crippen LogP contribution < -0.4 is 5.43 Å². The van der Waals surface area contributed by atoms with Crippen molar-refractivity contribution in [1.29, 1.82) is 0 Å². The van der Waals surface area contributed by atoms with Gasteiger partial charge in [-0.25, -0.2) is 5.43 Å². The Morgan fingerprint density at radius 2 is 1.43 bits per heavy atom. The third kappa shape index (κ3) is 4.43. The Bertz CT molecular complexity index is 1710. The number of fused-ring (bicyclic) bond motifs is 2. The van der Waals surface area contributed by atoms with E-state index in [2.05, 4.69) is 86.8 Å². The Hall–Kier alpha value is -4.90. The van der Waals surface area contributed by atoms with Gasteiger partial charge in [0.1, 0.15) is 0 Å². The van der Waals surface area contributed by atoms with E-state index in [0.29, 0.717) is 13.0 Å². The number of aromatic amines is 1. The van der Waals surface area contributed by atoms with Crippen molar-refractivity contribution in [3.8, 4) is 22.4 Å². The number of amides is 1. The first kappa shape index (κ1) is 22.6. The van der Waals surface area contributed by atoms with Crippen LogP contribution in [0.4, 0.5) is 0 Å². The van der Waals surface area contributed by atoms with Gasteiger partial charge >= 0.3 is 0 Å². The van der Waals surface area contributed by atoms with Crippen LogP contribution in [0.5, 0.6) is 0 Å². The Morgan fingerprint density at radius 3 is 2.22 bits per heavy atom. The van der Waals surface area contributed by atoms with Crippen molar-refractivity contribution >= 4 is 33.9 Å². The van der Waals surface area contributed by atoms with Crippen LogP contribution in [-0.4, -0.2) is 21.7 Å². The summed E-state index contributed by atoms with van der Waals surface area (Å²) in [7, 11) is 0. The van der Waals surface area contributed by atoms with E-state index in [1.54, 1.807) is 6.21 Å². The topological polar surface area (TPSA) is 62.2 Å². The predicted molar refractivity (Wildman–Crippen MR) is 151 cm³/mol. The quantitative estimate of drug-likeness (QED) is 0.187. The number of benzene rings is 4. The van der Waals surface area contributed by atoms with Gasteiger partial charge in [-0.3, -0.25) is 4.79 Å². The zero-order valence-corrected chi connectivity index (χ0v) is 20.3. The van der Waals surface area contributed by atoms with E-state index in [4.69, 9.17) is 0 Å². The van der Waals surface area contributed by atoms with Crippen molar-refractivity contribution in [3.63, 3.8) is 0 Å². The number of aryl methyl sites for hydroxylation is 1. The molecule has 4 aromatic carbocycles. The van der Waals surface area contributed by atoms with Crippen LogP contribution in [0, 0.1) is 0 Å². The highest BCUT2D eigenvalue weighted by Crippen LogP contribution is 2.40. The van der Waals surface area contributed by atoms with Crippen molar-refractivity contribution in [1.82, 2.24) is 15.0 Å². The molecule has 5 nitrogen and oxygen atoms in total. The fourth-order valence-electron chi connectivity index (χ4n) is 4.97. The molecule has 0 spiro atoms. The van der Waals surface area contributed by atoms with Crippen LogP contribution >= 0.6 is 0 Å². The Balaban J connectivity index is 1.30. The molecule has 5 heteroatoms. The minimum absolute atomic E-state index is 0.130. The van der Waals surface area contributed by atoms with E-state index >= 15 is 0 Å². The minimum Gasteiger partial charge on any atom is -0.361 e. The second-order valence-electron chi connectivity index (χ2n) is 8.96. The van der Waals surface area contributed by atoms with Crippen molar-refractivity contribution in [2.24, 2.45) is 5.10 Å². The summed E-state index contributed by atoms with van der Waals surface area (Å²) >= 11 is 0. The highest BCUT2D eigenvalue weighted by molar-refractivity contribution is 6.04. The lowest BCUT2D eigenvalue weighted by Crippen LogP contribution is -2.19. The molecule has 0 atom stereocenters.